The summed E-state index contributed by atoms with van der Waals surface area (Å²) < 4.78 is 5.76. The van der Waals surface area contributed by atoms with E-state index in [0.717, 1.165) is 17.7 Å². The summed E-state index contributed by atoms with van der Waals surface area (Å²) in [5.74, 6) is 1.66. The lowest BCUT2D eigenvalue weighted by Crippen LogP contribution is -2.58. The van der Waals surface area contributed by atoms with Crippen LogP contribution in [0.15, 0.2) is 29.8 Å². The highest BCUT2D eigenvalue weighted by atomic mass is 16.5. The van der Waals surface area contributed by atoms with Gasteiger partial charge >= 0.3 is 0 Å². The highest BCUT2D eigenvalue weighted by molar-refractivity contribution is 5.84. The van der Waals surface area contributed by atoms with Gasteiger partial charge in [-0.3, -0.25) is 0 Å². The predicted molar refractivity (Wildman–Crippen MR) is 73.3 cm³/mol. The van der Waals surface area contributed by atoms with Crippen molar-refractivity contribution in [3.63, 3.8) is 0 Å². The number of benzene rings is 1. The van der Waals surface area contributed by atoms with Gasteiger partial charge in [0.25, 0.3) is 0 Å². The molecule has 1 heterocycles. The second-order valence-corrected chi connectivity index (χ2v) is 6.55. The first-order chi connectivity index (χ1) is 9.16. The van der Waals surface area contributed by atoms with Crippen LogP contribution in [0.4, 0.5) is 0 Å². The minimum absolute atomic E-state index is 0.271. The number of nitriles is 1. The fourth-order valence-corrected chi connectivity index (χ4v) is 4.56. The van der Waals surface area contributed by atoms with E-state index in [1.165, 1.54) is 11.1 Å². The molecule has 1 aliphatic heterocycles. The number of hydrogen-bond acceptors (Lipinski definition) is 2. The maximum absolute atomic E-state index is 9.54. The quantitative estimate of drug-likeness (QED) is 0.708. The van der Waals surface area contributed by atoms with Gasteiger partial charge in [0.15, 0.2) is 0 Å². The van der Waals surface area contributed by atoms with Crippen molar-refractivity contribution in [2.75, 3.05) is 13.2 Å². The van der Waals surface area contributed by atoms with Gasteiger partial charge in [-0.15, -0.1) is 0 Å². The first-order valence-corrected chi connectivity index (χ1v) is 6.96. The van der Waals surface area contributed by atoms with Crippen LogP contribution in [0.25, 0.3) is 5.57 Å². The zero-order chi connectivity index (χ0) is 13.2. The Labute approximate surface area is 113 Å². The number of rotatable bonds is 0. The van der Waals surface area contributed by atoms with Gasteiger partial charge in [-0.1, -0.05) is 38.1 Å². The fraction of sp³-hybridized carbons (Fsp3) is 0.471. The first-order valence-electron chi connectivity index (χ1n) is 6.96. The Morgan fingerprint density at radius 3 is 2.89 bits per heavy atom. The molecule has 3 atom stereocenters. The second-order valence-electron chi connectivity index (χ2n) is 6.55. The molecule has 2 aliphatic carbocycles. The molecule has 0 radical (unpaired) electrons. The van der Waals surface area contributed by atoms with Crippen LogP contribution in [0.2, 0.25) is 0 Å². The van der Waals surface area contributed by atoms with Crippen molar-refractivity contribution in [3.05, 3.63) is 41.0 Å². The SMILES string of the molecule is CC1(C)C2COCC3=C(C#N)c4ccccc4C1C32. The molecule has 3 unspecified atom stereocenters. The third kappa shape index (κ3) is 1.19. The summed E-state index contributed by atoms with van der Waals surface area (Å²) >= 11 is 0. The Balaban J connectivity index is 2.00. The maximum Gasteiger partial charge on any atom is 0.0998 e. The van der Waals surface area contributed by atoms with Crippen molar-refractivity contribution in [3.8, 4) is 6.07 Å². The molecule has 96 valence electrons. The third-order valence-corrected chi connectivity index (χ3v) is 5.51. The molecule has 19 heavy (non-hydrogen) atoms. The van der Waals surface area contributed by atoms with E-state index < -0.39 is 0 Å². The summed E-state index contributed by atoms with van der Waals surface area (Å²) in [6, 6.07) is 10.9. The normalized spacial score (nSPS) is 33.8. The molecule has 2 nitrogen and oxygen atoms in total. The molecule has 2 fully saturated rings. The van der Waals surface area contributed by atoms with Gasteiger partial charge in [0.1, 0.15) is 0 Å². The number of hydrogen-bond donors (Lipinski definition) is 0. The minimum Gasteiger partial charge on any atom is -0.377 e. The number of fused-ring (bicyclic) bond motifs is 2. The molecular weight excluding hydrogens is 234 g/mol. The van der Waals surface area contributed by atoms with Crippen LogP contribution < -0.4 is 0 Å². The van der Waals surface area contributed by atoms with Gasteiger partial charge in [0.05, 0.1) is 24.9 Å². The van der Waals surface area contributed by atoms with E-state index >= 15 is 0 Å². The Morgan fingerprint density at radius 1 is 1.32 bits per heavy atom. The molecule has 3 aliphatic rings. The summed E-state index contributed by atoms with van der Waals surface area (Å²) in [7, 11) is 0. The zero-order valence-corrected chi connectivity index (χ0v) is 11.3. The number of allylic oxidation sites excluding steroid dienone is 1. The first kappa shape index (κ1) is 11.3. The Bertz CT molecular complexity index is 635. The van der Waals surface area contributed by atoms with Crippen LogP contribution >= 0.6 is 0 Å². The molecule has 1 saturated carbocycles. The minimum atomic E-state index is 0.271. The van der Waals surface area contributed by atoms with Crippen molar-refractivity contribution < 1.29 is 4.74 Å². The summed E-state index contributed by atoms with van der Waals surface area (Å²) in [5.41, 5.74) is 4.90. The molecule has 0 amide bonds. The monoisotopic (exact) mass is 251 g/mol. The van der Waals surface area contributed by atoms with E-state index in [4.69, 9.17) is 4.74 Å². The largest absolute Gasteiger partial charge is 0.377 e. The van der Waals surface area contributed by atoms with E-state index in [0.29, 0.717) is 24.4 Å². The summed E-state index contributed by atoms with van der Waals surface area (Å²) in [4.78, 5) is 0. The van der Waals surface area contributed by atoms with Crippen molar-refractivity contribution in [2.45, 2.75) is 19.8 Å². The van der Waals surface area contributed by atoms with Crippen LogP contribution in [0.1, 0.15) is 30.9 Å². The third-order valence-electron chi connectivity index (χ3n) is 5.51. The van der Waals surface area contributed by atoms with Gasteiger partial charge in [-0.2, -0.15) is 5.26 Å². The molecule has 0 N–H and O–H groups in total. The van der Waals surface area contributed by atoms with Crippen molar-refractivity contribution in [1.82, 2.24) is 0 Å². The van der Waals surface area contributed by atoms with Gasteiger partial charge in [-0.25, -0.2) is 0 Å². The molecule has 1 aromatic carbocycles. The van der Waals surface area contributed by atoms with Gasteiger partial charge < -0.3 is 4.74 Å². The number of nitrogens with zero attached hydrogens (tertiary/aromatic N) is 1. The molecule has 0 aromatic heterocycles. The van der Waals surface area contributed by atoms with Crippen LogP contribution in [0.5, 0.6) is 0 Å². The lowest BCUT2D eigenvalue weighted by atomic mass is 9.42. The van der Waals surface area contributed by atoms with E-state index in [-0.39, 0.29) is 5.41 Å². The van der Waals surface area contributed by atoms with Gasteiger partial charge in [0, 0.05) is 0 Å². The van der Waals surface area contributed by atoms with Crippen LogP contribution in [-0.4, -0.2) is 13.2 Å². The van der Waals surface area contributed by atoms with E-state index in [1.807, 2.05) is 6.07 Å². The molecular formula is C17H17NO. The highest BCUT2D eigenvalue weighted by Gasteiger charge is 2.61. The number of ether oxygens (including phenoxy) is 1. The Morgan fingerprint density at radius 2 is 2.11 bits per heavy atom. The summed E-state index contributed by atoms with van der Waals surface area (Å²) in [6.07, 6.45) is 0. The summed E-state index contributed by atoms with van der Waals surface area (Å²) in [5, 5.41) is 9.54. The molecule has 1 saturated heterocycles. The second kappa shape index (κ2) is 3.49. The van der Waals surface area contributed by atoms with Crippen molar-refractivity contribution in [2.24, 2.45) is 17.3 Å². The van der Waals surface area contributed by atoms with Gasteiger partial charge in [0.2, 0.25) is 0 Å². The van der Waals surface area contributed by atoms with Crippen LogP contribution in [0, 0.1) is 28.6 Å². The molecule has 1 aromatic rings. The van der Waals surface area contributed by atoms with Crippen molar-refractivity contribution >= 4 is 5.57 Å². The van der Waals surface area contributed by atoms with Crippen LogP contribution in [0.3, 0.4) is 0 Å². The van der Waals surface area contributed by atoms with E-state index in [1.54, 1.807) is 0 Å². The Kier molecular flexibility index (Phi) is 2.07. The predicted octanol–water partition coefficient (Wildman–Crippen LogP) is 3.36. The summed E-state index contributed by atoms with van der Waals surface area (Å²) in [6.45, 7) is 6.18. The van der Waals surface area contributed by atoms with Crippen molar-refractivity contribution in [1.29, 1.82) is 5.26 Å². The topological polar surface area (TPSA) is 33.0 Å². The molecule has 0 spiro atoms. The average Bonchev–Trinajstić information content (AvgIpc) is 2.43. The fourth-order valence-electron chi connectivity index (χ4n) is 4.56. The zero-order valence-electron chi connectivity index (χ0n) is 11.3. The van der Waals surface area contributed by atoms with Crippen LogP contribution in [-0.2, 0) is 4.74 Å². The average molecular weight is 251 g/mol. The van der Waals surface area contributed by atoms with Gasteiger partial charge in [-0.05, 0) is 39.9 Å². The standard InChI is InChI=1S/C17H17NO/c1-17(2)14-9-19-8-13-12(7-18)10-5-3-4-6-11(10)16(17)15(13)14/h3-6,14-16H,8-9H2,1-2H3. The molecule has 4 rings (SSSR count). The smallest absolute Gasteiger partial charge is 0.0998 e. The van der Waals surface area contributed by atoms with E-state index in [2.05, 4.69) is 38.1 Å². The Hall–Kier alpha value is -1.59. The van der Waals surface area contributed by atoms with E-state index in [9.17, 15) is 5.26 Å². The lowest BCUT2D eigenvalue weighted by Gasteiger charge is -2.63. The molecule has 0 bridgehead atoms. The maximum atomic E-state index is 9.54. The lowest BCUT2D eigenvalue weighted by molar-refractivity contribution is -0.108. The molecule has 2 heteroatoms. The highest BCUT2D eigenvalue weighted by Crippen LogP contribution is 2.67.